The van der Waals surface area contributed by atoms with Crippen LogP contribution in [0.3, 0.4) is 0 Å². The van der Waals surface area contributed by atoms with Crippen LogP contribution in [0.1, 0.15) is 21.6 Å². The zero-order chi connectivity index (χ0) is 14.8. The minimum Gasteiger partial charge on any atom is -0.340 e. The molecule has 3 aromatic rings. The maximum absolute atomic E-state index is 12.1. The van der Waals surface area contributed by atoms with Gasteiger partial charge in [0.1, 0.15) is 0 Å². The predicted molar refractivity (Wildman–Crippen MR) is 81.7 cm³/mol. The smallest absolute Gasteiger partial charge is 0.267 e. The zero-order valence-corrected chi connectivity index (χ0v) is 11.7. The normalized spacial score (nSPS) is 10.8. The van der Waals surface area contributed by atoms with Gasteiger partial charge in [-0.05, 0) is 24.6 Å². The number of amides is 1. The largest absolute Gasteiger partial charge is 0.340 e. The third kappa shape index (κ3) is 2.28. The number of aromatic nitrogens is 2. The predicted octanol–water partition coefficient (Wildman–Crippen LogP) is 2.00. The average molecular weight is 280 g/mol. The van der Waals surface area contributed by atoms with Crippen molar-refractivity contribution >= 4 is 16.8 Å². The SMILES string of the molecule is Cc1c(C(=O)NN)c2ccccc2n1Cc1cccnc1. The molecular weight excluding hydrogens is 264 g/mol. The molecule has 0 atom stereocenters. The van der Waals surface area contributed by atoms with E-state index in [-0.39, 0.29) is 5.91 Å². The number of fused-ring (bicyclic) bond motifs is 1. The third-order valence-electron chi connectivity index (χ3n) is 3.65. The molecule has 1 aromatic carbocycles. The number of hydrogen-bond acceptors (Lipinski definition) is 3. The number of nitrogens with two attached hydrogens (primary N) is 1. The minimum atomic E-state index is -0.270. The molecule has 5 heteroatoms. The summed E-state index contributed by atoms with van der Waals surface area (Å²) in [6.07, 6.45) is 3.58. The van der Waals surface area contributed by atoms with Gasteiger partial charge in [-0.25, -0.2) is 5.84 Å². The van der Waals surface area contributed by atoms with Gasteiger partial charge in [0.15, 0.2) is 0 Å². The van der Waals surface area contributed by atoms with Crippen molar-refractivity contribution < 1.29 is 4.79 Å². The van der Waals surface area contributed by atoms with Crippen molar-refractivity contribution in [2.45, 2.75) is 13.5 Å². The molecule has 106 valence electrons. The van der Waals surface area contributed by atoms with E-state index in [0.717, 1.165) is 22.2 Å². The number of rotatable bonds is 3. The average Bonchev–Trinajstić information content (AvgIpc) is 2.80. The molecule has 0 aliphatic carbocycles. The Bertz CT molecular complexity index is 793. The van der Waals surface area contributed by atoms with Crippen LogP contribution in [0.5, 0.6) is 0 Å². The van der Waals surface area contributed by atoms with Gasteiger partial charge in [0, 0.05) is 35.5 Å². The van der Waals surface area contributed by atoms with Crippen LogP contribution in [0.15, 0.2) is 48.8 Å². The van der Waals surface area contributed by atoms with Crippen LogP contribution in [0.2, 0.25) is 0 Å². The standard InChI is InChI=1S/C16H16N4O/c1-11-15(16(21)19-17)13-6-2-3-7-14(13)20(11)10-12-5-4-8-18-9-12/h2-9H,10,17H2,1H3,(H,19,21). The fourth-order valence-electron chi connectivity index (χ4n) is 2.67. The molecule has 0 bridgehead atoms. The molecule has 0 radical (unpaired) electrons. The van der Waals surface area contributed by atoms with Crippen LogP contribution in [-0.4, -0.2) is 15.5 Å². The Morgan fingerprint density at radius 1 is 1.29 bits per heavy atom. The summed E-state index contributed by atoms with van der Waals surface area (Å²) in [5, 5.41) is 0.904. The van der Waals surface area contributed by atoms with Crippen LogP contribution >= 0.6 is 0 Å². The number of nitrogens with zero attached hydrogens (tertiary/aromatic N) is 2. The highest BCUT2D eigenvalue weighted by molar-refractivity contribution is 6.08. The Morgan fingerprint density at radius 3 is 2.81 bits per heavy atom. The number of benzene rings is 1. The molecule has 2 heterocycles. The van der Waals surface area contributed by atoms with Gasteiger partial charge in [-0.2, -0.15) is 0 Å². The highest BCUT2D eigenvalue weighted by atomic mass is 16.2. The first kappa shape index (κ1) is 13.3. The van der Waals surface area contributed by atoms with E-state index >= 15 is 0 Å². The van der Waals surface area contributed by atoms with E-state index in [1.165, 1.54) is 0 Å². The lowest BCUT2D eigenvalue weighted by atomic mass is 10.1. The number of carbonyl (C=O) groups excluding carboxylic acids is 1. The van der Waals surface area contributed by atoms with Crippen molar-refractivity contribution in [1.29, 1.82) is 0 Å². The van der Waals surface area contributed by atoms with Gasteiger partial charge in [0.25, 0.3) is 5.91 Å². The van der Waals surface area contributed by atoms with E-state index in [1.54, 1.807) is 6.20 Å². The molecule has 5 nitrogen and oxygen atoms in total. The maximum atomic E-state index is 12.1. The molecule has 3 N–H and O–H groups in total. The van der Waals surface area contributed by atoms with E-state index in [2.05, 4.69) is 15.0 Å². The van der Waals surface area contributed by atoms with E-state index in [9.17, 15) is 4.79 Å². The molecule has 0 spiro atoms. The molecule has 0 aliphatic heterocycles. The molecule has 21 heavy (non-hydrogen) atoms. The molecule has 0 saturated heterocycles. The second-order valence-corrected chi connectivity index (χ2v) is 4.90. The number of carbonyl (C=O) groups is 1. The van der Waals surface area contributed by atoms with Crippen molar-refractivity contribution in [3.8, 4) is 0 Å². The Hall–Kier alpha value is -2.66. The van der Waals surface area contributed by atoms with Crippen molar-refractivity contribution in [1.82, 2.24) is 15.0 Å². The number of hydrazine groups is 1. The maximum Gasteiger partial charge on any atom is 0.267 e. The fraction of sp³-hybridized carbons (Fsp3) is 0.125. The van der Waals surface area contributed by atoms with Crippen LogP contribution in [0.25, 0.3) is 10.9 Å². The van der Waals surface area contributed by atoms with E-state index in [0.29, 0.717) is 12.1 Å². The Balaban J connectivity index is 2.18. The summed E-state index contributed by atoms with van der Waals surface area (Å²) in [7, 11) is 0. The van der Waals surface area contributed by atoms with Crippen molar-refractivity contribution in [2.24, 2.45) is 5.84 Å². The lowest BCUT2D eigenvalue weighted by Gasteiger charge is -2.08. The number of para-hydroxylation sites is 1. The number of nitrogens with one attached hydrogen (secondary N) is 1. The van der Waals surface area contributed by atoms with Crippen molar-refractivity contribution in [3.63, 3.8) is 0 Å². The quantitative estimate of drug-likeness (QED) is 0.438. The number of pyridine rings is 1. The number of nitrogen functional groups attached to an aromatic ring is 1. The second-order valence-electron chi connectivity index (χ2n) is 4.90. The zero-order valence-electron chi connectivity index (χ0n) is 11.7. The molecule has 0 aliphatic rings. The van der Waals surface area contributed by atoms with Gasteiger partial charge in [-0.1, -0.05) is 24.3 Å². The van der Waals surface area contributed by atoms with Crippen molar-refractivity contribution in [2.75, 3.05) is 0 Å². The van der Waals surface area contributed by atoms with Crippen molar-refractivity contribution in [3.05, 3.63) is 65.6 Å². The molecule has 0 fully saturated rings. The monoisotopic (exact) mass is 280 g/mol. The van der Waals surface area contributed by atoms with E-state index < -0.39 is 0 Å². The summed E-state index contributed by atoms with van der Waals surface area (Å²) in [6, 6.07) is 11.8. The molecule has 2 aromatic heterocycles. The summed E-state index contributed by atoms with van der Waals surface area (Å²) in [5.74, 6) is 5.04. The van der Waals surface area contributed by atoms with Crippen LogP contribution in [0.4, 0.5) is 0 Å². The lowest BCUT2D eigenvalue weighted by molar-refractivity contribution is 0.0954. The molecule has 0 unspecified atom stereocenters. The fourth-order valence-corrected chi connectivity index (χ4v) is 2.67. The Morgan fingerprint density at radius 2 is 2.10 bits per heavy atom. The van der Waals surface area contributed by atoms with Gasteiger partial charge in [-0.3, -0.25) is 15.2 Å². The van der Waals surface area contributed by atoms with Crippen LogP contribution in [-0.2, 0) is 6.54 Å². The molecule has 1 amide bonds. The summed E-state index contributed by atoms with van der Waals surface area (Å²) >= 11 is 0. The summed E-state index contributed by atoms with van der Waals surface area (Å²) in [4.78, 5) is 16.2. The van der Waals surface area contributed by atoms with Gasteiger partial charge in [0.2, 0.25) is 0 Å². The highest BCUT2D eigenvalue weighted by Crippen LogP contribution is 2.26. The minimum absolute atomic E-state index is 0.270. The van der Waals surface area contributed by atoms with Gasteiger partial charge in [-0.15, -0.1) is 0 Å². The van der Waals surface area contributed by atoms with Gasteiger partial charge >= 0.3 is 0 Å². The summed E-state index contributed by atoms with van der Waals surface area (Å²) < 4.78 is 2.11. The number of hydrogen-bond donors (Lipinski definition) is 2. The van der Waals surface area contributed by atoms with Gasteiger partial charge < -0.3 is 4.57 Å². The first-order chi connectivity index (χ1) is 10.2. The topological polar surface area (TPSA) is 72.9 Å². The van der Waals surface area contributed by atoms with Gasteiger partial charge in [0.05, 0.1) is 5.56 Å². The Labute approximate surface area is 122 Å². The highest BCUT2D eigenvalue weighted by Gasteiger charge is 2.18. The first-order valence-corrected chi connectivity index (χ1v) is 6.70. The Kier molecular flexibility index (Phi) is 3.41. The molecule has 3 rings (SSSR count). The summed E-state index contributed by atoms with van der Waals surface area (Å²) in [6.45, 7) is 2.60. The molecular formula is C16H16N4O. The summed E-state index contributed by atoms with van der Waals surface area (Å²) in [5.41, 5.74) is 5.84. The lowest BCUT2D eigenvalue weighted by Crippen LogP contribution is -2.30. The third-order valence-corrected chi connectivity index (χ3v) is 3.65. The van der Waals surface area contributed by atoms with E-state index in [1.807, 2.05) is 49.5 Å². The molecule has 0 saturated carbocycles. The van der Waals surface area contributed by atoms with Crippen LogP contribution < -0.4 is 11.3 Å². The first-order valence-electron chi connectivity index (χ1n) is 6.70. The van der Waals surface area contributed by atoms with Crippen LogP contribution in [0, 0.1) is 6.92 Å². The van der Waals surface area contributed by atoms with E-state index in [4.69, 9.17) is 5.84 Å². The second kappa shape index (κ2) is 5.38.